The summed E-state index contributed by atoms with van der Waals surface area (Å²) >= 11 is 0. The van der Waals surface area contributed by atoms with E-state index in [2.05, 4.69) is 20.1 Å². The van der Waals surface area contributed by atoms with Crippen LogP contribution in [-0.4, -0.2) is 25.2 Å². The van der Waals surface area contributed by atoms with Gasteiger partial charge in [0.25, 0.3) is 5.56 Å². The van der Waals surface area contributed by atoms with Crippen LogP contribution < -0.4 is 10.9 Å². The number of carbonyl (C=O) groups is 1. The first kappa shape index (κ1) is 17.2. The Kier molecular flexibility index (Phi) is 4.82. The number of benzene rings is 1. The topological polar surface area (TPSA) is 81.8 Å². The number of aromatic nitrogens is 4. The molecule has 1 aromatic carbocycles. The van der Waals surface area contributed by atoms with Crippen LogP contribution in [0.5, 0.6) is 0 Å². The number of rotatable bonds is 4. The van der Waals surface area contributed by atoms with Gasteiger partial charge < -0.3 is 14.5 Å². The SMILES string of the molecule is O=C(Cn1ccccc1=O)Nc1ccc(-c2nnc3n2CCCCC3)cc1. The highest BCUT2D eigenvalue weighted by Gasteiger charge is 2.16. The monoisotopic (exact) mass is 363 g/mol. The fraction of sp³-hybridized carbons (Fsp3) is 0.300. The standard InChI is InChI=1S/C20H21N5O2/c26-18(14-24-12-5-3-7-19(24)27)21-16-10-8-15(9-11-16)20-23-22-17-6-2-1-4-13-25(17)20/h3,5,7-12H,1-2,4,6,13-14H2,(H,21,26). The molecule has 0 spiro atoms. The first-order chi connectivity index (χ1) is 13.2. The van der Waals surface area contributed by atoms with Crippen LogP contribution in [0.2, 0.25) is 0 Å². The fourth-order valence-corrected chi connectivity index (χ4v) is 3.35. The highest BCUT2D eigenvalue weighted by Crippen LogP contribution is 2.23. The summed E-state index contributed by atoms with van der Waals surface area (Å²) in [6.07, 6.45) is 6.10. The highest BCUT2D eigenvalue weighted by atomic mass is 16.2. The second kappa shape index (κ2) is 7.57. The van der Waals surface area contributed by atoms with E-state index in [0.29, 0.717) is 5.69 Å². The van der Waals surface area contributed by atoms with Crippen LogP contribution in [0, 0.1) is 0 Å². The lowest BCUT2D eigenvalue weighted by atomic mass is 10.2. The van der Waals surface area contributed by atoms with E-state index in [4.69, 9.17) is 0 Å². The van der Waals surface area contributed by atoms with E-state index in [1.54, 1.807) is 18.3 Å². The molecule has 1 aliphatic heterocycles. The number of hydrogen-bond acceptors (Lipinski definition) is 4. The Morgan fingerprint density at radius 1 is 1.04 bits per heavy atom. The Hall–Kier alpha value is -3.22. The number of carbonyl (C=O) groups excluding carboxylic acids is 1. The zero-order valence-electron chi connectivity index (χ0n) is 15.0. The molecule has 2 aromatic heterocycles. The van der Waals surface area contributed by atoms with Crippen molar-refractivity contribution in [2.45, 2.75) is 38.8 Å². The van der Waals surface area contributed by atoms with Crippen molar-refractivity contribution < 1.29 is 4.79 Å². The van der Waals surface area contributed by atoms with E-state index in [1.165, 1.54) is 17.1 Å². The van der Waals surface area contributed by atoms with Crippen LogP contribution in [0.25, 0.3) is 11.4 Å². The van der Waals surface area contributed by atoms with Crippen molar-refractivity contribution in [1.29, 1.82) is 0 Å². The van der Waals surface area contributed by atoms with Crippen molar-refractivity contribution in [3.63, 3.8) is 0 Å². The summed E-state index contributed by atoms with van der Waals surface area (Å²) in [5.74, 6) is 1.68. The fourth-order valence-electron chi connectivity index (χ4n) is 3.35. The molecule has 0 fully saturated rings. The molecule has 0 saturated heterocycles. The van der Waals surface area contributed by atoms with E-state index >= 15 is 0 Å². The van der Waals surface area contributed by atoms with Crippen molar-refractivity contribution in [3.8, 4) is 11.4 Å². The lowest BCUT2D eigenvalue weighted by Gasteiger charge is -2.09. The molecule has 0 unspecified atom stereocenters. The molecular formula is C20H21N5O2. The number of amides is 1. The summed E-state index contributed by atoms with van der Waals surface area (Å²) in [5.41, 5.74) is 1.46. The number of nitrogens with zero attached hydrogens (tertiary/aromatic N) is 4. The molecule has 0 saturated carbocycles. The van der Waals surface area contributed by atoms with Gasteiger partial charge in [-0.2, -0.15) is 0 Å². The minimum Gasteiger partial charge on any atom is -0.325 e. The van der Waals surface area contributed by atoms with Gasteiger partial charge in [-0.25, -0.2) is 0 Å². The number of pyridine rings is 1. The van der Waals surface area contributed by atoms with E-state index in [0.717, 1.165) is 43.0 Å². The van der Waals surface area contributed by atoms with Gasteiger partial charge in [0.15, 0.2) is 5.82 Å². The normalized spacial score (nSPS) is 13.6. The second-order valence-corrected chi connectivity index (χ2v) is 6.69. The largest absolute Gasteiger partial charge is 0.325 e. The first-order valence-corrected chi connectivity index (χ1v) is 9.18. The molecule has 7 heteroatoms. The third kappa shape index (κ3) is 3.81. The molecule has 4 rings (SSSR count). The summed E-state index contributed by atoms with van der Waals surface area (Å²) in [5, 5.41) is 11.5. The summed E-state index contributed by atoms with van der Waals surface area (Å²) in [6, 6.07) is 12.4. The third-order valence-electron chi connectivity index (χ3n) is 4.75. The molecule has 7 nitrogen and oxygen atoms in total. The summed E-state index contributed by atoms with van der Waals surface area (Å²) < 4.78 is 3.57. The van der Waals surface area contributed by atoms with Gasteiger partial charge in [-0.15, -0.1) is 10.2 Å². The van der Waals surface area contributed by atoms with Crippen LogP contribution in [0.1, 0.15) is 25.1 Å². The lowest BCUT2D eigenvalue weighted by molar-refractivity contribution is -0.116. The number of nitrogens with one attached hydrogen (secondary N) is 1. The molecule has 0 aliphatic carbocycles. The summed E-state index contributed by atoms with van der Waals surface area (Å²) in [6.45, 7) is 0.932. The van der Waals surface area contributed by atoms with Gasteiger partial charge in [0.2, 0.25) is 5.91 Å². The van der Waals surface area contributed by atoms with E-state index < -0.39 is 0 Å². The van der Waals surface area contributed by atoms with Crippen molar-refractivity contribution >= 4 is 11.6 Å². The predicted octanol–water partition coefficient (Wildman–Crippen LogP) is 2.47. The van der Waals surface area contributed by atoms with E-state index in [9.17, 15) is 9.59 Å². The molecule has 0 bridgehead atoms. The summed E-state index contributed by atoms with van der Waals surface area (Å²) in [4.78, 5) is 23.9. The van der Waals surface area contributed by atoms with Crippen molar-refractivity contribution in [3.05, 3.63) is 64.8 Å². The number of fused-ring (bicyclic) bond motifs is 1. The molecule has 3 heterocycles. The van der Waals surface area contributed by atoms with Crippen LogP contribution in [0.15, 0.2) is 53.5 Å². The molecule has 27 heavy (non-hydrogen) atoms. The maximum atomic E-state index is 12.2. The van der Waals surface area contributed by atoms with Crippen molar-refractivity contribution in [2.24, 2.45) is 0 Å². The quantitative estimate of drug-likeness (QED) is 0.772. The van der Waals surface area contributed by atoms with Crippen molar-refractivity contribution in [2.75, 3.05) is 5.32 Å². The van der Waals surface area contributed by atoms with E-state index in [-0.39, 0.29) is 18.0 Å². The molecular weight excluding hydrogens is 342 g/mol. The maximum Gasteiger partial charge on any atom is 0.250 e. The third-order valence-corrected chi connectivity index (χ3v) is 4.75. The lowest BCUT2D eigenvalue weighted by Crippen LogP contribution is -2.26. The van der Waals surface area contributed by atoms with Crippen LogP contribution in [0.4, 0.5) is 5.69 Å². The van der Waals surface area contributed by atoms with Gasteiger partial charge in [0, 0.05) is 36.5 Å². The first-order valence-electron chi connectivity index (χ1n) is 9.18. The zero-order chi connectivity index (χ0) is 18.6. The van der Waals surface area contributed by atoms with Gasteiger partial charge in [-0.3, -0.25) is 9.59 Å². The van der Waals surface area contributed by atoms with Crippen LogP contribution in [-0.2, 0) is 24.3 Å². The molecule has 0 radical (unpaired) electrons. The second-order valence-electron chi connectivity index (χ2n) is 6.69. The average molecular weight is 363 g/mol. The average Bonchev–Trinajstić information content (AvgIpc) is 2.92. The number of anilines is 1. The molecule has 138 valence electrons. The van der Waals surface area contributed by atoms with Gasteiger partial charge in [0.1, 0.15) is 12.4 Å². The number of aryl methyl sites for hydroxylation is 1. The Labute approximate surface area is 156 Å². The minimum atomic E-state index is -0.243. The minimum absolute atomic E-state index is 0.0148. The molecule has 3 aromatic rings. The summed E-state index contributed by atoms with van der Waals surface area (Å²) in [7, 11) is 0. The van der Waals surface area contributed by atoms with E-state index in [1.807, 2.05) is 24.3 Å². The Morgan fingerprint density at radius 3 is 2.70 bits per heavy atom. The van der Waals surface area contributed by atoms with Gasteiger partial charge >= 0.3 is 0 Å². The Bertz CT molecular complexity index is 1000. The smallest absolute Gasteiger partial charge is 0.250 e. The van der Waals surface area contributed by atoms with Crippen LogP contribution in [0.3, 0.4) is 0 Å². The van der Waals surface area contributed by atoms with Gasteiger partial charge in [0.05, 0.1) is 0 Å². The molecule has 1 N–H and O–H groups in total. The van der Waals surface area contributed by atoms with Crippen LogP contribution >= 0.6 is 0 Å². The number of hydrogen-bond donors (Lipinski definition) is 1. The van der Waals surface area contributed by atoms with Gasteiger partial charge in [-0.05, 0) is 43.2 Å². The zero-order valence-corrected chi connectivity index (χ0v) is 15.0. The molecule has 1 amide bonds. The maximum absolute atomic E-state index is 12.2. The van der Waals surface area contributed by atoms with Gasteiger partial charge in [-0.1, -0.05) is 12.5 Å². The molecule has 0 atom stereocenters. The Balaban J connectivity index is 1.47. The molecule has 1 aliphatic rings. The Morgan fingerprint density at radius 2 is 1.89 bits per heavy atom. The van der Waals surface area contributed by atoms with Crippen molar-refractivity contribution in [1.82, 2.24) is 19.3 Å². The highest BCUT2D eigenvalue weighted by molar-refractivity contribution is 5.90. The predicted molar refractivity (Wildman–Crippen MR) is 102 cm³/mol.